The fraction of sp³-hybridized carbons (Fsp3) is 0.0517. The third-order valence-electron chi connectivity index (χ3n) is 12.9. The van der Waals surface area contributed by atoms with Crippen molar-refractivity contribution in [1.29, 1.82) is 0 Å². The smallest absolute Gasteiger partial charge is 0.164 e. The molecule has 0 N–H and O–H groups in total. The molecule has 0 amide bonds. The Kier molecular flexibility index (Phi) is 7.88. The molecule has 0 saturated carbocycles. The predicted molar refractivity (Wildman–Crippen MR) is 255 cm³/mol. The lowest BCUT2D eigenvalue weighted by Crippen LogP contribution is -2.15. The van der Waals surface area contributed by atoms with Gasteiger partial charge in [0.2, 0.25) is 0 Å². The molecular weight excluding hydrogens is 739 g/mol. The first-order valence-corrected chi connectivity index (χ1v) is 21.0. The summed E-state index contributed by atoms with van der Waals surface area (Å²) in [6.45, 7) is 4.62. The Hall–Kier alpha value is -7.75. The Morgan fingerprint density at radius 3 is 1.44 bits per heavy atom. The van der Waals surface area contributed by atoms with E-state index in [9.17, 15) is 0 Å². The molecular formula is C58H39N3. The minimum absolute atomic E-state index is 0.135. The number of rotatable bonds is 5. The minimum atomic E-state index is -0.135. The Morgan fingerprint density at radius 2 is 0.738 bits per heavy atom. The molecule has 1 heterocycles. The maximum atomic E-state index is 5.21. The summed E-state index contributed by atoms with van der Waals surface area (Å²) in [6.07, 6.45) is 0. The molecule has 286 valence electrons. The van der Waals surface area contributed by atoms with Gasteiger partial charge in [-0.1, -0.05) is 190 Å². The fourth-order valence-corrected chi connectivity index (χ4v) is 9.90. The molecule has 1 aromatic heterocycles. The third kappa shape index (κ3) is 5.62. The monoisotopic (exact) mass is 777 g/mol. The fourth-order valence-electron chi connectivity index (χ4n) is 9.90. The van der Waals surface area contributed by atoms with Crippen molar-refractivity contribution in [1.82, 2.24) is 15.0 Å². The molecule has 0 fully saturated rings. The molecule has 1 aliphatic rings. The molecule has 10 aromatic carbocycles. The molecule has 61 heavy (non-hydrogen) atoms. The third-order valence-corrected chi connectivity index (χ3v) is 12.9. The number of nitrogens with zero attached hydrogens (tertiary/aromatic N) is 3. The van der Waals surface area contributed by atoms with Crippen LogP contribution in [0.3, 0.4) is 0 Å². The van der Waals surface area contributed by atoms with Gasteiger partial charge in [-0.3, -0.25) is 0 Å². The SMILES string of the molecule is CC1(C)c2ccccc2-c2ccc(-c3nc(-c4ccccc4)nc(-c4cccc(-c5cccc(-c6cc7c8ccccc8c8ccccc8c7c7ccccc67)c5)c4)n3)cc21. The molecule has 0 unspecified atom stereocenters. The van der Waals surface area contributed by atoms with E-state index >= 15 is 0 Å². The topological polar surface area (TPSA) is 38.7 Å². The van der Waals surface area contributed by atoms with Gasteiger partial charge in [-0.05, 0) is 112 Å². The van der Waals surface area contributed by atoms with E-state index in [-0.39, 0.29) is 5.41 Å². The molecule has 0 spiro atoms. The van der Waals surface area contributed by atoms with Crippen molar-refractivity contribution < 1.29 is 0 Å². The van der Waals surface area contributed by atoms with Crippen molar-refractivity contribution in [3.63, 3.8) is 0 Å². The Morgan fingerprint density at radius 1 is 0.279 bits per heavy atom. The molecule has 0 bridgehead atoms. The van der Waals surface area contributed by atoms with Crippen molar-refractivity contribution >= 4 is 43.1 Å². The highest BCUT2D eigenvalue weighted by Crippen LogP contribution is 2.49. The average Bonchev–Trinajstić information content (AvgIpc) is 3.56. The zero-order valence-electron chi connectivity index (χ0n) is 33.9. The van der Waals surface area contributed by atoms with Gasteiger partial charge >= 0.3 is 0 Å². The van der Waals surface area contributed by atoms with Gasteiger partial charge < -0.3 is 0 Å². The van der Waals surface area contributed by atoms with Gasteiger partial charge in [-0.15, -0.1) is 0 Å². The van der Waals surface area contributed by atoms with Gasteiger partial charge in [0.05, 0.1) is 0 Å². The Bertz CT molecular complexity index is 3570. The molecule has 1 aliphatic carbocycles. The van der Waals surface area contributed by atoms with E-state index in [1.165, 1.54) is 76.5 Å². The lowest BCUT2D eigenvalue weighted by atomic mass is 9.82. The molecule has 3 heteroatoms. The van der Waals surface area contributed by atoms with Crippen LogP contribution < -0.4 is 0 Å². The molecule has 0 atom stereocenters. The van der Waals surface area contributed by atoms with Crippen LogP contribution in [0.4, 0.5) is 0 Å². The maximum absolute atomic E-state index is 5.21. The van der Waals surface area contributed by atoms with Crippen molar-refractivity contribution in [3.8, 4) is 67.5 Å². The lowest BCUT2D eigenvalue weighted by molar-refractivity contribution is 0.660. The highest BCUT2D eigenvalue weighted by atomic mass is 15.0. The van der Waals surface area contributed by atoms with Gasteiger partial charge in [-0.25, -0.2) is 15.0 Å². The van der Waals surface area contributed by atoms with E-state index in [1.807, 2.05) is 18.2 Å². The van der Waals surface area contributed by atoms with Gasteiger partial charge in [0.25, 0.3) is 0 Å². The summed E-state index contributed by atoms with van der Waals surface area (Å²) >= 11 is 0. The summed E-state index contributed by atoms with van der Waals surface area (Å²) in [4.78, 5) is 15.4. The van der Waals surface area contributed by atoms with Gasteiger partial charge in [0, 0.05) is 22.1 Å². The molecule has 0 aliphatic heterocycles. The predicted octanol–water partition coefficient (Wildman–Crippen LogP) is 15.1. The van der Waals surface area contributed by atoms with Gasteiger partial charge in [0.1, 0.15) is 0 Å². The molecule has 0 radical (unpaired) electrons. The maximum Gasteiger partial charge on any atom is 0.164 e. The highest BCUT2D eigenvalue weighted by molar-refractivity contribution is 6.33. The quantitative estimate of drug-likeness (QED) is 0.163. The number of fused-ring (bicyclic) bond motifs is 11. The van der Waals surface area contributed by atoms with Crippen molar-refractivity contribution in [2.45, 2.75) is 19.3 Å². The first-order valence-electron chi connectivity index (χ1n) is 21.0. The van der Waals surface area contributed by atoms with Gasteiger partial charge in [0.15, 0.2) is 17.5 Å². The first kappa shape index (κ1) is 35.2. The Balaban J connectivity index is 0.989. The molecule has 0 saturated heterocycles. The highest BCUT2D eigenvalue weighted by Gasteiger charge is 2.35. The summed E-state index contributed by atoms with van der Waals surface area (Å²) in [7, 11) is 0. The van der Waals surface area contributed by atoms with Crippen LogP contribution in [0.5, 0.6) is 0 Å². The number of hydrogen-bond donors (Lipinski definition) is 0. The lowest BCUT2D eigenvalue weighted by Gasteiger charge is -2.21. The van der Waals surface area contributed by atoms with Crippen LogP contribution >= 0.6 is 0 Å². The molecule has 12 rings (SSSR count). The zero-order valence-corrected chi connectivity index (χ0v) is 33.9. The van der Waals surface area contributed by atoms with Crippen LogP contribution in [0.2, 0.25) is 0 Å². The Labute approximate surface area is 354 Å². The number of aromatic nitrogens is 3. The summed E-state index contributed by atoms with van der Waals surface area (Å²) < 4.78 is 0. The van der Waals surface area contributed by atoms with E-state index in [4.69, 9.17) is 15.0 Å². The standard InChI is InChI=1S/C58H39N3/c1-58(2)52-29-13-12-26-46(52)47-31-30-41(34-53(47)58)57-60-55(36-16-4-3-5-17-36)59-56(61-57)40-21-15-19-38(33-40)37-18-14-20-39(32-37)50-35-51-44-24-7-6-22-42(44)43-23-8-10-27-48(43)54(51)49-28-11-9-25-45(49)50/h3-35H,1-2H3. The largest absolute Gasteiger partial charge is 0.208 e. The number of benzene rings is 10. The first-order chi connectivity index (χ1) is 30.0. The summed E-state index contributed by atoms with van der Waals surface area (Å²) in [5.74, 6) is 1.96. The average molecular weight is 778 g/mol. The summed E-state index contributed by atoms with van der Waals surface area (Å²) in [5, 5.41) is 10.2. The minimum Gasteiger partial charge on any atom is -0.208 e. The number of hydrogen-bond acceptors (Lipinski definition) is 3. The second-order valence-electron chi connectivity index (χ2n) is 16.7. The molecule has 11 aromatic rings. The zero-order chi connectivity index (χ0) is 40.7. The summed E-state index contributed by atoms with van der Waals surface area (Å²) in [6, 6.07) is 72.1. The van der Waals surface area contributed by atoms with Crippen LogP contribution in [-0.2, 0) is 5.41 Å². The van der Waals surface area contributed by atoms with Gasteiger partial charge in [-0.2, -0.15) is 0 Å². The normalized spacial score (nSPS) is 12.9. The van der Waals surface area contributed by atoms with E-state index < -0.39 is 0 Å². The van der Waals surface area contributed by atoms with E-state index in [2.05, 4.69) is 196 Å². The second-order valence-corrected chi connectivity index (χ2v) is 16.7. The second kappa shape index (κ2) is 13.7. The van der Waals surface area contributed by atoms with Crippen LogP contribution in [0.1, 0.15) is 25.0 Å². The van der Waals surface area contributed by atoms with E-state index in [1.54, 1.807) is 0 Å². The summed E-state index contributed by atoms with van der Waals surface area (Å²) in [5.41, 5.74) is 12.6. The van der Waals surface area contributed by atoms with Crippen molar-refractivity contribution in [2.75, 3.05) is 0 Å². The van der Waals surface area contributed by atoms with Crippen LogP contribution in [0.15, 0.2) is 200 Å². The van der Waals surface area contributed by atoms with Crippen LogP contribution in [0, 0.1) is 0 Å². The van der Waals surface area contributed by atoms with E-state index in [0.29, 0.717) is 17.5 Å². The van der Waals surface area contributed by atoms with Crippen molar-refractivity contribution in [2.24, 2.45) is 0 Å². The molecule has 3 nitrogen and oxygen atoms in total. The van der Waals surface area contributed by atoms with E-state index in [0.717, 1.165) is 27.8 Å². The van der Waals surface area contributed by atoms with Crippen LogP contribution in [-0.4, -0.2) is 15.0 Å². The van der Waals surface area contributed by atoms with Crippen molar-refractivity contribution in [3.05, 3.63) is 211 Å². The van der Waals surface area contributed by atoms with Crippen LogP contribution in [0.25, 0.3) is 111 Å².